The van der Waals surface area contributed by atoms with E-state index in [4.69, 9.17) is 9.26 Å². The van der Waals surface area contributed by atoms with Gasteiger partial charge in [-0.3, -0.25) is 4.79 Å². The highest BCUT2D eigenvalue weighted by Crippen LogP contribution is 2.32. The van der Waals surface area contributed by atoms with Gasteiger partial charge in [-0.25, -0.2) is 0 Å². The molecule has 5 nitrogen and oxygen atoms in total. The average Bonchev–Trinajstić information content (AvgIpc) is 2.89. The molecule has 0 radical (unpaired) electrons. The summed E-state index contributed by atoms with van der Waals surface area (Å²) in [4.78, 5) is 15.7. The number of aromatic nitrogens is 2. The third kappa shape index (κ3) is 2.46. The van der Waals surface area contributed by atoms with E-state index in [9.17, 15) is 4.79 Å². The number of rotatable bonds is 4. The number of hydrogen-bond donors (Lipinski definition) is 0. The van der Waals surface area contributed by atoms with Crippen LogP contribution in [-0.2, 0) is 15.1 Å². The van der Waals surface area contributed by atoms with Crippen molar-refractivity contribution in [3.05, 3.63) is 11.7 Å². The molecule has 0 aliphatic heterocycles. The number of ketones is 1. The number of carbonyl (C=O) groups is 1. The standard InChI is InChI=1S/C13H20N2O3/c1-4-13(2,17-3)12-14-11(18-15-12)9-5-7-10(16)8-6-9/h9H,4-8H2,1-3H3. The maximum atomic E-state index is 11.2. The molecular formula is C13H20N2O3. The quantitative estimate of drug-likeness (QED) is 0.824. The summed E-state index contributed by atoms with van der Waals surface area (Å²) in [6, 6.07) is 0. The fourth-order valence-corrected chi connectivity index (χ4v) is 2.20. The van der Waals surface area contributed by atoms with Crippen LogP contribution in [0.1, 0.15) is 63.6 Å². The Morgan fingerprint density at radius 1 is 1.44 bits per heavy atom. The Morgan fingerprint density at radius 2 is 2.11 bits per heavy atom. The third-order valence-corrected chi connectivity index (χ3v) is 3.93. The summed E-state index contributed by atoms with van der Waals surface area (Å²) in [6.45, 7) is 3.98. The Balaban J connectivity index is 2.13. The minimum Gasteiger partial charge on any atom is -0.370 e. The van der Waals surface area contributed by atoms with Gasteiger partial charge >= 0.3 is 0 Å². The number of nitrogens with zero attached hydrogens (tertiary/aromatic N) is 2. The van der Waals surface area contributed by atoms with Gasteiger partial charge in [0.2, 0.25) is 11.7 Å². The zero-order valence-corrected chi connectivity index (χ0v) is 11.2. The van der Waals surface area contributed by atoms with E-state index in [-0.39, 0.29) is 5.92 Å². The molecule has 1 aromatic heterocycles. The van der Waals surface area contributed by atoms with Crippen molar-refractivity contribution in [2.75, 3.05) is 7.11 Å². The zero-order valence-electron chi connectivity index (χ0n) is 11.2. The van der Waals surface area contributed by atoms with Crippen LogP contribution >= 0.6 is 0 Å². The summed E-state index contributed by atoms with van der Waals surface area (Å²) in [6.07, 6.45) is 3.66. The van der Waals surface area contributed by atoms with Gasteiger partial charge in [0.05, 0.1) is 0 Å². The predicted octanol–water partition coefficient (Wildman–Crippen LogP) is 2.57. The van der Waals surface area contributed by atoms with Crippen LogP contribution < -0.4 is 0 Å². The Hall–Kier alpha value is -1.23. The van der Waals surface area contributed by atoms with Gasteiger partial charge in [0.1, 0.15) is 11.4 Å². The van der Waals surface area contributed by atoms with Gasteiger partial charge in [-0.15, -0.1) is 0 Å². The molecule has 1 atom stereocenters. The molecule has 5 heteroatoms. The highest BCUT2D eigenvalue weighted by Gasteiger charge is 2.32. The summed E-state index contributed by atoms with van der Waals surface area (Å²) in [5, 5.41) is 4.03. The molecule has 0 aromatic carbocycles. The monoisotopic (exact) mass is 252 g/mol. The van der Waals surface area contributed by atoms with E-state index in [1.165, 1.54) is 0 Å². The van der Waals surface area contributed by atoms with Crippen LogP contribution in [0.5, 0.6) is 0 Å². The van der Waals surface area contributed by atoms with E-state index in [0.29, 0.717) is 30.3 Å². The molecule has 100 valence electrons. The lowest BCUT2D eigenvalue weighted by Gasteiger charge is -2.22. The number of carbonyl (C=O) groups excluding carboxylic acids is 1. The summed E-state index contributed by atoms with van der Waals surface area (Å²) in [5.41, 5.74) is -0.494. The maximum Gasteiger partial charge on any atom is 0.229 e. The van der Waals surface area contributed by atoms with Crippen molar-refractivity contribution in [1.82, 2.24) is 10.1 Å². The molecule has 1 aromatic rings. The molecule has 0 spiro atoms. The first kappa shape index (κ1) is 13.2. The predicted molar refractivity (Wildman–Crippen MR) is 65.2 cm³/mol. The largest absolute Gasteiger partial charge is 0.370 e. The van der Waals surface area contributed by atoms with E-state index in [1.54, 1.807) is 7.11 Å². The fraction of sp³-hybridized carbons (Fsp3) is 0.769. The number of methoxy groups -OCH3 is 1. The summed E-state index contributed by atoms with van der Waals surface area (Å²) < 4.78 is 10.8. The fourth-order valence-electron chi connectivity index (χ4n) is 2.20. The highest BCUT2D eigenvalue weighted by atomic mass is 16.5. The van der Waals surface area contributed by atoms with E-state index in [0.717, 1.165) is 19.3 Å². The van der Waals surface area contributed by atoms with Crippen LogP contribution in [0.2, 0.25) is 0 Å². The Kier molecular flexibility index (Phi) is 3.80. The lowest BCUT2D eigenvalue weighted by molar-refractivity contribution is -0.120. The normalized spacial score (nSPS) is 20.9. The first-order valence-corrected chi connectivity index (χ1v) is 6.50. The first-order chi connectivity index (χ1) is 8.59. The topological polar surface area (TPSA) is 65.2 Å². The van der Waals surface area contributed by atoms with E-state index in [2.05, 4.69) is 10.1 Å². The summed E-state index contributed by atoms with van der Waals surface area (Å²) in [5.74, 6) is 1.80. The van der Waals surface area contributed by atoms with E-state index >= 15 is 0 Å². The smallest absolute Gasteiger partial charge is 0.229 e. The minimum atomic E-state index is -0.494. The Labute approximate surface area is 107 Å². The molecule has 1 aliphatic rings. The molecule has 18 heavy (non-hydrogen) atoms. The highest BCUT2D eigenvalue weighted by molar-refractivity contribution is 5.79. The number of hydrogen-bond acceptors (Lipinski definition) is 5. The Morgan fingerprint density at radius 3 is 2.67 bits per heavy atom. The van der Waals surface area contributed by atoms with Crippen molar-refractivity contribution in [3.63, 3.8) is 0 Å². The molecule has 0 amide bonds. The van der Waals surface area contributed by atoms with E-state index in [1.807, 2.05) is 13.8 Å². The molecule has 2 rings (SSSR count). The molecular weight excluding hydrogens is 232 g/mol. The molecule has 0 saturated heterocycles. The molecule has 0 bridgehead atoms. The molecule has 1 saturated carbocycles. The van der Waals surface area contributed by atoms with Crippen LogP contribution in [0, 0.1) is 0 Å². The maximum absolute atomic E-state index is 11.2. The number of ether oxygens (including phenoxy) is 1. The van der Waals surface area contributed by atoms with Crippen LogP contribution in [0.25, 0.3) is 0 Å². The van der Waals surface area contributed by atoms with Crippen LogP contribution in [0.15, 0.2) is 4.52 Å². The molecule has 1 heterocycles. The van der Waals surface area contributed by atoms with Crippen LogP contribution in [0.4, 0.5) is 0 Å². The Bertz CT molecular complexity index is 414. The lowest BCUT2D eigenvalue weighted by Crippen LogP contribution is -2.25. The SMILES string of the molecule is CCC(C)(OC)c1noc(C2CCC(=O)CC2)n1. The van der Waals surface area contributed by atoms with Gasteiger partial charge in [-0.05, 0) is 26.2 Å². The van der Waals surface area contributed by atoms with E-state index < -0.39 is 5.60 Å². The second-order valence-corrected chi connectivity index (χ2v) is 5.06. The lowest BCUT2D eigenvalue weighted by atomic mass is 9.88. The van der Waals surface area contributed by atoms with Gasteiger partial charge in [0, 0.05) is 25.9 Å². The molecule has 1 aliphatic carbocycles. The minimum absolute atomic E-state index is 0.224. The van der Waals surface area contributed by atoms with Crippen LogP contribution in [0.3, 0.4) is 0 Å². The van der Waals surface area contributed by atoms with Gasteiger partial charge in [0.25, 0.3) is 0 Å². The van der Waals surface area contributed by atoms with Crippen molar-refractivity contribution in [1.29, 1.82) is 0 Å². The van der Waals surface area contributed by atoms with Crippen molar-refractivity contribution < 1.29 is 14.1 Å². The second kappa shape index (κ2) is 5.18. The van der Waals surface area contributed by atoms with Gasteiger partial charge in [-0.2, -0.15) is 4.98 Å². The summed E-state index contributed by atoms with van der Waals surface area (Å²) in [7, 11) is 1.65. The second-order valence-electron chi connectivity index (χ2n) is 5.06. The van der Waals surface area contributed by atoms with Crippen LogP contribution in [-0.4, -0.2) is 23.0 Å². The third-order valence-electron chi connectivity index (χ3n) is 3.93. The molecule has 1 unspecified atom stereocenters. The number of Topliss-reactive ketones (excluding diaryl/α,β-unsaturated/α-hetero) is 1. The van der Waals surface area contributed by atoms with Gasteiger partial charge in [-0.1, -0.05) is 12.1 Å². The first-order valence-electron chi connectivity index (χ1n) is 6.50. The van der Waals surface area contributed by atoms with Gasteiger partial charge < -0.3 is 9.26 Å². The molecule has 0 N–H and O–H groups in total. The van der Waals surface area contributed by atoms with Crippen molar-refractivity contribution >= 4 is 5.78 Å². The van der Waals surface area contributed by atoms with Crippen molar-refractivity contribution in [2.45, 2.75) is 57.5 Å². The summed E-state index contributed by atoms with van der Waals surface area (Å²) >= 11 is 0. The van der Waals surface area contributed by atoms with Crippen molar-refractivity contribution in [2.24, 2.45) is 0 Å². The zero-order chi connectivity index (χ0) is 13.2. The van der Waals surface area contributed by atoms with Gasteiger partial charge in [0.15, 0.2) is 0 Å². The molecule has 1 fully saturated rings. The average molecular weight is 252 g/mol. The van der Waals surface area contributed by atoms with Crippen molar-refractivity contribution in [3.8, 4) is 0 Å².